The van der Waals surface area contributed by atoms with Crippen LogP contribution in [0, 0.1) is 17.3 Å². The van der Waals surface area contributed by atoms with Crippen LogP contribution in [0.5, 0.6) is 0 Å². The Morgan fingerprint density at radius 2 is 2.12 bits per heavy atom. The van der Waals surface area contributed by atoms with Gasteiger partial charge in [0.25, 0.3) is 0 Å². The van der Waals surface area contributed by atoms with Gasteiger partial charge in [0.1, 0.15) is 0 Å². The Morgan fingerprint density at radius 1 is 1.38 bits per heavy atom. The van der Waals surface area contributed by atoms with Crippen molar-refractivity contribution in [1.29, 1.82) is 0 Å². The van der Waals surface area contributed by atoms with E-state index in [1.807, 2.05) is 20.8 Å². The molecule has 1 saturated carbocycles. The van der Waals surface area contributed by atoms with Crippen LogP contribution in [0.1, 0.15) is 33.6 Å². The molecule has 88 valence electrons. The lowest BCUT2D eigenvalue weighted by molar-refractivity contribution is -0.157. The maximum absolute atomic E-state index is 12.1. The molecule has 1 aliphatic heterocycles. The van der Waals surface area contributed by atoms with Crippen LogP contribution in [-0.2, 0) is 14.3 Å². The molecule has 1 heterocycles. The third-order valence-electron chi connectivity index (χ3n) is 3.92. The van der Waals surface area contributed by atoms with E-state index in [4.69, 9.17) is 9.47 Å². The Kier molecular flexibility index (Phi) is 1.87. The number of allylic oxidation sites excluding steroid dienone is 1. The summed E-state index contributed by atoms with van der Waals surface area (Å²) in [7, 11) is 0. The molecule has 3 heteroatoms. The summed E-state index contributed by atoms with van der Waals surface area (Å²) in [5, 5.41) is 0. The Hall–Kier alpha value is -0.830. The second kappa shape index (κ2) is 2.89. The molecule has 0 radical (unpaired) electrons. The maximum Gasteiger partial charge on any atom is 0.341 e. The van der Waals surface area contributed by atoms with Crippen LogP contribution in [0.3, 0.4) is 0 Å². The average Bonchev–Trinajstić information content (AvgIpc) is 2.81. The van der Waals surface area contributed by atoms with E-state index in [0.717, 1.165) is 12.8 Å². The van der Waals surface area contributed by atoms with Gasteiger partial charge in [-0.05, 0) is 18.8 Å². The first-order valence-electron chi connectivity index (χ1n) is 5.99. The summed E-state index contributed by atoms with van der Waals surface area (Å²) in [5.41, 5.74) is -0.804. The van der Waals surface area contributed by atoms with Crippen molar-refractivity contribution in [1.82, 2.24) is 0 Å². The fraction of sp³-hybridized carbons (Fsp3) is 0.769. The third kappa shape index (κ3) is 1.21. The molecular weight excluding hydrogens is 204 g/mol. The van der Waals surface area contributed by atoms with E-state index >= 15 is 0 Å². The average molecular weight is 222 g/mol. The van der Waals surface area contributed by atoms with Gasteiger partial charge in [-0.1, -0.05) is 32.9 Å². The van der Waals surface area contributed by atoms with E-state index in [9.17, 15) is 4.79 Å². The number of cyclic esters (lactones) is 1. The van der Waals surface area contributed by atoms with E-state index in [2.05, 4.69) is 12.2 Å². The van der Waals surface area contributed by atoms with Gasteiger partial charge in [0.2, 0.25) is 6.29 Å². The number of ether oxygens (including phenoxy) is 2. The molecule has 2 fully saturated rings. The van der Waals surface area contributed by atoms with Crippen LogP contribution in [0.2, 0.25) is 0 Å². The largest absolute Gasteiger partial charge is 0.433 e. The first kappa shape index (κ1) is 10.3. The molecule has 1 spiro atoms. The van der Waals surface area contributed by atoms with E-state index < -0.39 is 11.9 Å². The number of carbonyl (C=O) groups excluding carboxylic acids is 1. The minimum absolute atomic E-state index is 0.148. The van der Waals surface area contributed by atoms with E-state index in [1.165, 1.54) is 0 Å². The van der Waals surface area contributed by atoms with Crippen LogP contribution < -0.4 is 0 Å². The van der Waals surface area contributed by atoms with Gasteiger partial charge in [-0.2, -0.15) is 0 Å². The molecule has 2 bridgehead atoms. The number of rotatable bonds is 0. The Labute approximate surface area is 95.8 Å². The first-order chi connectivity index (χ1) is 7.42. The normalized spacial score (nSPS) is 45.7. The van der Waals surface area contributed by atoms with Crippen LogP contribution in [0.15, 0.2) is 12.2 Å². The highest BCUT2D eigenvalue weighted by Gasteiger charge is 2.62. The monoisotopic (exact) mass is 222 g/mol. The standard InChI is InChI=1S/C13H18O3/c1-12(2,3)11-15-10(14)13(16-11)7-8-4-5-9(13)6-8/h4-5,8-9,11H,6-7H2,1-3H3/t8?,9?,11-,13?/m0/s1. The van der Waals surface area contributed by atoms with Crippen molar-refractivity contribution in [2.24, 2.45) is 17.3 Å². The predicted molar refractivity (Wildman–Crippen MR) is 58.5 cm³/mol. The third-order valence-corrected chi connectivity index (χ3v) is 3.92. The number of esters is 1. The van der Waals surface area contributed by atoms with Gasteiger partial charge in [-0.3, -0.25) is 0 Å². The molecule has 1 saturated heterocycles. The van der Waals surface area contributed by atoms with Crippen LogP contribution in [0.25, 0.3) is 0 Å². The molecule has 0 amide bonds. The van der Waals surface area contributed by atoms with Crippen LogP contribution >= 0.6 is 0 Å². The van der Waals surface area contributed by atoms with Crippen molar-refractivity contribution >= 4 is 5.97 Å². The molecule has 3 aliphatic rings. The highest BCUT2D eigenvalue weighted by atomic mass is 16.8. The lowest BCUT2D eigenvalue weighted by Gasteiger charge is -2.29. The zero-order valence-electron chi connectivity index (χ0n) is 10.0. The minimum Gasteiger partial charge on any atom is -0.433 e. The van der Waals surface area contributed by atoms with Crippen LogP contribution in [0.4, 0.5) is 0 Å². The summed E-state index contributed by atoms with van der Waals surface area (Å²) in [6.07, 6.45) is 5.79. The second-order valence-electron chi connectivity index (χ2n) is 6.30. The molecule has 3 rings (SSSR count). The number of carbonyl (C=O) groups is 1. The Bertz CT molecular complexity index is 366. The smallest absolute Gasteiger partial charge is 0.341 e. The molecule has 16 heavy (non-hydrogen) atoms. The summed E-state index contributed by atoms with van der Waals surface area (Å²) in [6.45, 7) is 6.10. The molecule has 0 aromatic heterocycles. The molecule has 0 N–H and O–H groups in total. The predicted octanol–water partition coefficient (Wildman–Crippen LogP) is 2.27. The summed E-state index contributed by atoms with van der Waals surface area (Å²) in [5.74, 6) is 0.595. The van der Waals surface area contributed by atoms with E-state index in [1.54, 1.807) is 0 Å². The molecular formula is C13H18O3. The van der Waals surface area contributed by atoms with Gasteiger partial charge in [0, 0.05) is 11.3 Å². The summed E-state index contributed by atoms with van der Waals surface area (Å²) in [4.78, 5) is 12.1. The van der Waals surface area contributed by atoms with Gasteiger partial charge < -0.3 is 9.47 Å². The fourth-order valence-electron chi connectivity index (χ4n) is 3.00. The Balaban J connectivity index is 1.89. The SMILES string of the molecule is CC(C)(C)[C@H]1OC(=O)C2(CC3C=CC2C3)O1. The van der Waals surface area contributed by atoms with Gasteiger partial charge in [0.15, 0.2) is 5.60 Å². The minimum atomic E-state index is -0.655. The van der Waals surface area contributed by atoms with Crippen molar-refractivity contribution in [3.8, 4) is 0 Å². The lowest BCUT2D eigenvalue weighted by Crippen LogP contribution is -2.41. The maximum atomic E-state index is 12.1. The Morgan fingerprint density at radius 3 is 2.56 bits per heavy atom. The highest BCUT2D eigenvalue weighted by molar-refractivity contribution is 5.83. The zero-order chi connectivity index (χ0) is 11.6. The van der Waals surface area contributed by atoms with Gasteiger partial charge in [-0.15, -0.1) is 0 Å². The molecule has 0 aromatic rings. The zero-order valence-corrected chi connectivity index (χ0v) is 10.0. The number of fused-ring (bicyclic) bond motifs is 3. The van der Waals surface area contributed by atoms with Gasteiger partial charge in [0.05, 0.1) is 0 Å². The highest BCUT2D eigenvalue weighted by Crippen LogP contribution is 2.53. The summed E-state index contributed by atoms with van der Waals surface area (Å²) >= 11 is 0. The molecule has 4 atom stereocenters. The van der Waals surface area contributed by atoms with E-state index in [0.29, 0.717) is 5.92 Å². The van der Waals surface area contributed by atoms with Crippen LogP contribution in [-0.4, -0.2) is 17.9 Å². The lowest BCUT2D eigenvalue weighted by atomic mass is 9.88. The number of hydrogen-bond donors (Lipinski definition) is 0. The van der Waals surface area contributed by atoms with Gasteiger partial charge in [-0.25, -0.2) is 4.79 Å². The van der Waals surface area contributed by atoms with Crippen molar-refractivity contribution in [2.75, 3.05) is 0 Å². The topological polar surface area (TPSA) is 35.5 Å². The fourth-order valence-corrected chi connectivity index (χ4v) is 3.00. The quantitative estimate of drug-likeness (QED) is 0.466. The first-order valence-corrected chi connectivity index (χ1v) is 5.99. The number of hydrogen-bond acceptors (Lipinski definition) is 3. The van der Waals surface area contributed by atoms with Crippen molar-refractivity contribution < 1.29 is 14.3 Å². The van der Waals surface area contributed by atoms with Crippen molar-refractivity contribution in [3.63, 3.8) is 0 Å². The summed E-state index contributed by atoms with van der Waals surface area (Å²) in [6, 6.07) is 0. The van der Waals surface area contributed by atoms with E-state index in [-0.39, 0.29) is 17.3 Å². The molecule has 3 nitrogen and oxygen atoms in total. The van der Waals surface area contributed by atoms with Crippen molar-refractivity contribution in [3.05, 3.63) is 12.2 Å². The molecule has 3 unspecified atom stereocenters. The molecule has 0 aromatic carbocycles. The molecule has 2 aliphatic carbocycles. The second-order valence-corrected chi connectivity index (χ2v) is 6.30. The van der Waals surface area contributed by atoms with Gasteiger partial charge >= 0.3 is 5.97 Å². The van der Waals surface area contributed by atoms with Crippen molar-refractivity contribution in [2.45, 2.75) is 45.5 Å². The summed E-state index contributed by atoms with van der Waals surface area (Å²) < 4.78 is 11.4.